The smallest absolute Gasteiger partial charge is 0.747 e. The number of nitrogens with one attached hydrogen (secondary N) is 2. The second-order valence-corrected chi connectivity index (χ2v) is 20.8. The van der Waals surface area contributed by atoms with Gasteiger partial charge in [0.1, 0.15) is 26.9 Å². The Morgan fingerprint density at radius 2 is 0.986 bits per heavy atom. The summed E-state index contributed by atoms with van der Waals surface area (Å²) in [5.74, 6) is -3.65. The SMILES string of the molecule is CN.CNC(=O)C1CCC(CN2C(=O)C=CC2=O)CC1.CNC(=O)C1CCC(CN2C(=O)CC(SC)C2=O)CC1.CS.O=C(CC1C(=O)CC(S(=O)(=O)[O-])C1=O)C1CCC(CN2C(=O)C=CC2=O)CC1.[Na+]. The molecule has 3 heterocycles. The van der Waals surface area contributed by atoms with Crippen molar-refractivity contribution in [3.8, 4) is 0 Å². The monoisotopic (exact) mass is 1060 g/mol. The molecule has 0 spiro atoms. The fraction of sp³-hybridized carbons (Fsp3) is 0.681. The first-order valence-electron chi connectivity index (χ1n) is 23.7. The number of nitrogens with zero attached hydrogens (tertiary/aromatic N) is 3. The van der Waals surface area contributed by atoms with Crippen LogP contribution in [0, 0.1) is 41.4 Å². The number of carbonyl (C=O) groups is 11. The summed E-state index contributed by atoms with van der Waals surface area (Å²) in [7, 11) is -0.0829. The Kier molecular flexibility index (Phi) is 27.4. The Balaban J connectivity index is 0.000000359. The van der Waals surface area contributed by atoms with Gasteiger partial charge in [-0.25, -0.2) is 8.42 Å². The topological polar surface area (TPSA) is 305 Å². The largest absolute Gasteiger partial charge is 1.00 e. The molecule has 71 heavy (non-hydrogen) atoms. The van der Waals surface area contributed by atoms with Crippen molar-refractivity contribution in [1.29, 1.82) is 0 Å². The van der Waals surface area contributed by atoms with Gasteiger partial charge in [-0.3, -0.25) is 67.4 Å². The molecule has 3 aliphatic heterocycles. The molecule has 7 aliphatic rings. The van der Waals surface area contributed by atoms with Gasteiger partial charge in [0.15, 0.2) is 5.78 Å². The van der Waals surface area contributed by atoms with Gasteiger partial charge in [0.2, 0.25) is 23.6 Å². The van der Waals surface area contributed by atoms with Crippen LogP contribution in [-0.4, -0.2) is 156 Å². The number of hydrogen-bond acceptors (Lipinski definition) is 17. The maximum absolute atomic E-state index is 12.5. The van der Waals surface area contributed by atoms with Gasteiger partial charge in [0.05, 0.1) is 11.2 Å². The predicted octanol–water partition coefficient (Wildman–Crippen LogP) is -1.63. The standard InChI is InChI=1S/C18H21NO8S.C14H22N2O3S.C13H18N2O3.CH5N.CH4S.Na/c20-13(7-12-14(21)8-15(18(12)24)28(25,26)27)11-3-1-10(2-4-11)9-19-16(22)5-6-17(19)23;1-15-13(18)10-5-3-9(4-6-10)8-16-12(17)7-11(20-2)14(16)19;1-14-13(18)10-4-2-9(3-5-10)8-15-11(16)6-7-12(15)17;2*1-2;/h5-6,10-12,15H,1-4,7-9H2,(H,25,26,27);9-11H,3-8H2,1-2H3,(H,15,18);6-7,9-10H,2-5,8H2,1H3,(H,14,18);2H2,1H3;2H,1H3;/q;;;;;+1/p-1. The van der Waals surface area contributed by atoms with Crippen LogP contribution in [-0.2, 0) is 62.9 Å². The number of imide groups is 3. The molecule has 4 aliphatic carbocycles. The van der Waals surface area contributed by atoms with Crippen LogP contribution in [0.4, 0.5) is 0 Å². The van der Waals surface area contributed by atoms with Crippen molar-refractivity contribution in [2.75, 3.05) is 53.3 Å². The maximum Gasteiger partial charge on any atom is 1.00 e. The van der Waals surface area contributed by atoms with E-state index in [4.69, 9.17) is 0 Å². The second kappa shape index (κ2) is 30.6. The number of thiol groups is 1. The molecular formula is C47H69N6NaO14S3. The Hall–Kier alpha value is -3.58. The van der Waals surface area contributed by atoms with E-state index >= 15 is 0 Å². The Bertz CT molecular complexity index is 2100. The predicted molar refractivity (Wildman–Crippen MR) is 261 cm³/mol. The van der Waals surface area contributed by atoms with E-state index in [1.165, 1.54) is 57.8 Å². The number of carbonyl (C=O) groups excluding carboxylic acids is 11. The number of likely N-dealkylation sites (tertiary alicyclic amines) is 1. The van der Waals surface area contributed by atoms with E-state index in [1.54, 1.807) is 20.4 Å². The van der Waals surface area contributed by atoms with E-state index in [-0.39, 0.29) is 118 Å². The molecule has 7 rings (SSSR count). The van der Waals surface area contributed by atoms with Gasteiger partial charge in [-0.05, 0) is 114 Å². The molecule has 0 radical (unpaired) electrons. The zero-order valence-corrected chi connectivity index (χ0v) is 46.2. The van der Waals surface area contributed by atoms with E-state index in [9.17, 15) is 65.7 Å². The zero-order chi connectivity index (χ0) is 52.5. The maximum atomic E-state index is 12.5. The van der Waals surface area contributed by atoms with Crippen molar-refractivity contribution < 1.29 is 95.3 Å². The van der Waals surface area contributed by atoms with Crippen molar-refractivity contribution in [3.05, 3.63) is 24.3 Å². The van der Waals surface area contributed by atoms with Crippen molar-refractivity contribution in [3.63, 3.8) is 0 Å². The summed E-state index contributed by atoms with van der Waals surface area (Å²) < 4.78 is 33.2. The van der Waals surface area contributed by atoms with Crippen LogP contribution in [0.2, 0.25) is 0 Å². The first-order valence-corrected chi connectivity index (χ1v) is 27.3. The first-order chi connectivity index (χ1) is 33.2. The van der Waals surface area contributed by atoms with Crippen molar-refractivity contribution >= 4 is 99.1 Å². The minimum absolute atomic E-state index is 0. The molecule has 24 heteroatoms. The van der Waals surface area contributed by atoms with Crippen LogP contribution in [0.1, 0.15) is 96.3 Å². The molecule has 0 aromatic heterocycles. The van der Waals surface area contributed by atoms with Gasteiger partial charge < -0.3 is 20.9 Å². The van der Waals surface area contributed by atoms with E-state index in [2.05, 4.69) is 29.0 Å². The zero-order valence-electron chi connectivity index (χ0n) is 41.6. The molecule has 5 fully saturated rings. The molecule has 4 saturated carbocycles. The fourth-order valence-electron chi connectivity index (χ4n) is 9.95. The minimum atomic E-state index is -4.90. The summed E-state index contributed by atoms with van der Waals surface area (Å²) in [4.78, 5) is 133. The summed E-state index contributed by atoms with van der Waals surface area (Å²) in [6.07, 6.45) is 17.2. The minimum Gasteiger partial charge on any atom is -0.747 e. The normalized spacial score (nSPS) is 28.1. The Morgan fingerprint density at radius 1 is 0.634 bits per heavy atom. The molecular weight excluding hydrogens is 992 g/mol. The van der Waals surface area contributed by atoms with Gasteiger partial charge in [-0.2, -0.15) is 24.4 Å². The van der Waals surface area contributed by atoms with E-state index in [1.807, 2.05) is 6.26 Å². The van der Waals surface area contributed by atoms with Gasteiger partial charge in [-0.15, -0.1) is 0 Å². The van der Waals surface area contributed by atoms with Gasteiger partial charge >= 0.3 is 29.6 Å². The number of nitrogens with two attached hydrogens (primary N) is 1. The Morgan fingerprint density at radius 3 is 1.30 bits per heavy atom. The summed E-state index contributed by atoms with van der Waals surface area (Å²) in [6, 6.07) is 0. The number of rotatable bonds is 13. The number of hydrogen-bond donors (Lipinski definition) is 4. The van der Waals surface area contributed by atoms with Crippen LogP contribution >= 0.6 is 24.4 Å². The van der Waals surface area contributed by atoms with E-state index in [0.29, 0.717) is 63.6 Å². The number of ketones is 3. The number of Topliss-reactive ketones (excluding diaryl/α,β-unsaturated/α-hetero) is 3. The van der Waals surface area contributed by atoms with E-state index in [0.717, 1.165) is 51.4 Å². The molecule has 20 nitrogen and oxygen atoms in total. The average molecular weight is 1060 g/mol. The van der Waals surface area contributed by atoms with Crippen molar-refractivity contribution in [2.45, 2.75) is 107 Å². The molecule has 4 N–H and O–H groups in total. The molecule has 8 amide bonds. The molecule has 1 saturated heterocycles. The van der Waals surface area contributed by atoms with Crippen molar-refractivity contribution in [2.24, 2.45) is 47.2 Å². The van der Waals surface area contributed by atoms with Crippen molar-refractivity contribution in [1.82, 2.24) is 25.3 Å². The van der Waals surface area contributed by atoms with Gasteiger partial charge in [-0.1, -0.05) is 0 Å². The summed E-state index contributed by atoms with van der Waals surface area (Å²) in [6.45, 7) is 1.33. The molecule has 0 bridgehead atoms. The average Bonchev–Trinajstić information content (AvgIpc) is 4.05. The summed E-state index contributed by atoms with van der Waals surface area (Å²) in [5.41, 5.74) is 4.50. The summed E-state index contributed by atoms with van der Waals surface area (Å²) >= 11 is 4.98. The molecule has 0 aromatic carbocycles. The van der Waals surface area contributed by atoms with Crippen LogP contribution in [0.25, 0.3) is 0 Å². The second-order valence-electron chi connectivity index (χ2n) is 18.2. The van der Waals surface area contributed by atoms with Crippen LogP contribution in [0.5, 0.6) is 0 Å². The van der Waals surface area contributed by atoms with Gasteiger partial charge in [0.25, 0.3) is 23.6 Å². The van der Waals surface area contributed by atoms with E-state index < -0.39 is 39.3 Å². The molecule has 3 unspecified atom stereocenters. The molecule has 390 valence electrons. The quantitative estimate of drug-likeness (QED) is 0.0529. The molecule has 3 atom stereocenters. The Labute approximate surface area is 448 Å². The third-order valence-electron chi connectivity index (χ3n) is 14.0. The van der Waals surface area contributed by atoms with Gasteiger partial charge in [0, 0.05) is 95.0 Å². The van der Waals surface area contributed by atoms with Crippen LogP contribution < -0.4 is 45.9 Å². The third kappa shape index (κ3) is 17.8. The number of thioether (sulfide) groups is 1. The third-order valence-corrected chi connectivity index (χ3v) is 16.1. The van der Waals surface area contributed by atoms with Crippen LogP contribution in [0.15, 0.2) is 24.3 Å². The summed E-state index contributed by atoms with van der Waals surface area (Å²) in [5, 5.41) is 3.29. The first kappa shape index (κ1) is 63.5. The fourth-order valence-corrected chi connectivity index (χ4v) is 11.4. The molecule has 0 aromatic rings. The van der Waals surface area contributed by atoms with Crippen LogP contribution in [0.3, 0.4) is 0 Å². The number of amides is 8.